The second-order valence-corrected chi connectivity index (χ2v) is 7.56. The van der Waals surface area contributed by atoms with Crippen LogP contribution < -0.4 is 15.0 Å². The Morgan fingerprint density at radius 1 is 1.24 bits per heavy atom. The summed E-state index contributed by atoms with van der Waals surface area (Å²) in [6, 6.07) is 7.36. The Morgan fingerprint density at radius 2 is 1.97 bits per heavy atom. The van der Waals surface area contributed by atoms with Crippen LogP contribution in [0.15, 0.2) is 30.5 Å². The van der Waals surface area contributed by atoms with Gasteiger partial charge in [0.2, 0.25) is 5.91 Å². The molecule has 0 radical (unpaired) electrons. The van der Waals surface area contributed by atoms with Crippen LogP contribution in [0.25, 0.3) is 0 Å². The van der Waals surface area contributed by atoms with Crippen LogP contribution in [-0.2, 0) is 4.79 Å². The standard InChI is InChI=1S/C20H23Cl2N5O2/c1-13(23)16-9-14(21)11-24-20(16)25-12-19(28)27-7-5-26(6-8-27)15-3-4-17(22)18(10-15)29-2/h3-4,9-11,23H,5-8,12H2,1-2H3,(H,24,25). The van der Waals surface area contributed by atoms with Gasteiger partial charge in [0.15, 0.2) is 0 Å². The van der Waals surface area contributed by atoms with Gasteiger partial charge in [-0.25, -0.2) is 4.98 Å². The van der Waals surface area contributed by atoms with Crippen LogP contribution in [0.2, 0.25) is 10.0 Å². The highest BCUT2D eigenvalue weighted by Crippen LogP contribution is 2.29. The summed E-state index contributed by atoms with van der Waals surface area (Å²) in [5.41, 5.74) is 1.95. The van der Waals surface area contributed by atoms with Crippen molar-refractivity contribution < 1.29 is 9.53 Å². The first-order valence-corrected chi connectivity index (χ1v) is 9.96. The molecule has 2 aromatic rings. The Bertz CT molecular complexity index is 914. The van der Waals surface area contributed by atoms with Crippen LogP contribution in [0.3, 0.4) is 0 Å². The smallest absolute Gasteiger partial charge is 0.242 e. The quantitative estimate of drug-likeness (QED) is 0.677. The van der Waals surface area contributed by atoms with Crippen molar-refractivity contribution in [2.45, 2.75) is 6.92 Å². The maximum absolute atomic E-state index is 12.6. The van der Waals surface area contributed by atoms with Crippen molar-refractivity contribution in [2.24, 2.45) is 0 Å². The molecular weight excluding hydrogens is 413 g/mol. The lowest BCUT2D eigenvalue weighted by Crippen LogP contribution is -2.50. The number of halogens is 2. The van der Waals surface area contributed by atoms with Crippen molar-refractivity contribution in [2.75, 3.05) is 50.1 Å². The van der Waals surface area contributed by atoms with Crippen molar-refractivity contribution in [3.8, 4) is 5.75 Å². The van der Waals surface area contributed by atoms with Gasteiger partial charge >= 0.3 is 0 Å². The fourth-order valence-corrected chi connectivity index (χ4v) is 3.55. The van der Waals surface area contributed by atoms with Gasteiger partial charge in [0.05, 0.1) is 23.7 Å². The van der Waals surface area contributed by atoms with Gasteiger partial charge in [0.25, 0.3) is 0 Å². The van der Waals surface area contributed by atoms with Gasteiger partial charge in [-0.3, -0.25) is 4.79 Å². The predicted octanol–water partition coefficient (Wildman–Crippen LogP) is 3.55. The summed E-state index contributed by atoms with van der Waals surface area (Å²) in [7, 11) is 1.59. The van der Waals surface area contributed by atoms with Crippen LogP contribution in [0.1, 0.15) is 12.5 Å². The summed E-state index contributed by atoms with van der Waals surface area (Å²) >= 11 is 12.1. The zero-order valence-electron chi connectivity index (χ0n) is 16.3. The minimum Gasteiger partial charge on any atom is -0.495 e. The molecule has 1 amide bonds. The number of anilines is 2. The number of nitrogens with one attached hydrogen (secondary N) is 2. The molecule has 0 saturated carbocycles. The molecule has 0 spiro atoms. The average Bonchev–Trinajstić information content (AvgIpc) is 2.73. The van der Waals surface area contributed by atoms with E-state index in [1.165, 1.54) is 6.20 Å². The van der Waals surface area contributed by atoms with Crippen molar-refractivity contribution in [3.05, 3.63) is 46.1 Å². The molecule has 2 heterocycles. The highest BCUT2D eigenvalue weighted by atomic mass is 35.5. The maximum Gasteiger partial charge on any atom is 0.242 e. The lowest BCUT2D eigenvalue weighted by molar-refractivity contribution is -0.129. The van der Waals surface area contributed by atoms with Gasteiger partial charge in [-0.05, 0) is 25.1 Å². The lowest BCUT2D eigenvalue weighted by atomic mass is 10.2. The molecule has 0 unspecified atom stereocenters. The fraction of sp³-hybridized carbons (Fsp3) is 0.350. The Balaban J connectivity index is 1.56. The number of carbonyl (C=O) groups is 1. The normalized spacial score (nSPS) is 13.9. The molecule has 0 bridgehead atoms. The molecule has 1 aliphatic heterocycles. The zero-order chi connectivity index (χ0) is 21.0. The first kappa shape index (κ1) is 21.2. The second kappa shape index (κ2) is 9.33. The topological polar surface area (TPSA) is 81.6 Å². The third-order valence-corrected chi connectivity index (χ3v) is 5.32. The SMILES string of the molecule is COc1cc(N2CCN(C(=O)CNc3ncc(Cl)cc3C(C)=N)CC2)ccc1Cl. The molecular formula is C20H23Cl2N5O2. The number of benzene rings is 1. The van der Waals surface area contributed by atoms with Gasteiger partial charge in [-0.15, -0.1) is 0 Å². The minimum atomic E-state index is -0.0105. The van der Waals surface area contributed by atoms with E-state index in [-0.39, 0.29) is 12.5 Å². The highest BCUT2D eigenvalue weighted by molar-refractivity contribution is 6.32. The van der Waals surface area contributed by atoms with E-state index in [0.29, 0.717) is 46.0 Å². The van der Waals surface area contributed by atoms with Crippen molar-refractivity contribution >= 4 is 46.3 Å². The largest absolute Gasteiger partial charge is 0.495 e. The number of ether oxygens (including phenoxy) is 1. The van der Waals surface area contributed by atoms with Crippen LogP contribution >= 0.6 is 23.2 Å². The lowest BCUT2D eigenvalue weighted by Gasteiger charge is -2.36. The summed E-state index contributed by atoms with van der Waals surface area (Å²) in [4.78, 5) is 20.8. The molecule has 3 rings (SSSR count). The Kier molecular flexibility index (Phi) is 6.82. The molecule has 1 aromatic heterocycles. The number of hydrogen-bond acceptors (Lipinski definition) is 6. The number of aromatic nitrogens is 1. The summed E-state index contributed by atoms with van der Waals surface area (Å²) in [6.07, 6.45) is 1.50. The van der Waals surface area contributed by atoms with Crippen LogP contribution in [0, 0.1) is 5.41 Å². The average molecular weight is 436 g/mol. The van der Waals surface area contributed by atoms with E-state index < -0.39 is 0 Å². The molecule has 2 N–H and O–H groups in total. The number of hydrogen-bond donors (Lipinski definition) is 2. The number of nitrogens with zero attached hydrogens (tertiary/aromatic N) is 3. The van der Waals surface area contributed by atoms with E-state index in [1.54, 1.807) is 20.1 Å². The predicted molar refractivity (Wildman–Crippen MR) is 117 cm³/mol. The van der Waals surface area contributed by atoms with Crippen molar-refractivity contribution in [3.63, 3.8) is 0 Å². The van der Waals surface area contributed by atoms with Gasteiger partial charge < -0.3 is 25.3 Å². The number of carbonyl (C=O) groups excluding carboxylic acids is 1. The van der Waals surface area contributed by atoms with Crippen LogP contribution in [0.5, 0.6) is 5.75 Å². The second-order valence-electron chi connectivity index (χ2n) is 6.71. The minimum absolute atomic E-state index is 0.0105. The van der Waals surface area contributed by atoms with Gasteiger partial charge in [-0.1, -0.05) is 23.2 Å². The van der Waals surface area contributed by atoms with E-state index in [4.69, 9.17) is 33.3 Å². The Morgan fingerprint density at radius 3 is 2.62 bits per heavy atom. The first-order chi connectivity index (χ1) is 13.9. The molecule has 7 nitrogen and oxygen atoms in total. The van der Waals surface area contributed by atoms with Crippen LogP contribution in [-0.4, -0.2) is 61.3 Å². The van der Waals surface area contributed by atoms with E-state index >= 15 is 0 Å². The maximum atomic E-state index is 12.6. The molecule has 29 heavy (non-hydrogen) atoms. The molecule has 0 aliphatic carbocycles. The molecule has 9 heteroatoms. The fourth-order valence-electron chi connectivity index (χ4n) is 3.20. The van der Waals surface area contributed by atoms with Gasteiger partial charge in [-0.2, -0.15) is 0 Å². The molecule has 1 saturated heterocycles. The van der Waals surface area contributed by atoms with Crippen LogP contribution in [0.4, 0.5) is 11.5 Å². The van der Waals surface area contributed by atoms with E-state index in [9.17, 15) is 4.79 Å². The zero-order valence-corrected chi connectivity index (χ0v) is 17.8. The van der Waals surface area contributed by atoms with Gasteiger partial charge in [0, 0.05) is 55.4 Å². The first-order valence-electron chi connectivity index (χ1n) is 9.20. The summed E-state index contributed by atoms with van der Waals surface area (Å²) in [5.74, 6) is 1.12. The van der Waals surface area contributed by atoms with E-state index in [1.807, 2.05) is 23.1 Å². The summed E-state index contributed by atoms with van der Waals surface area (Å²) < 4.78 is 5.28. The highest BCUT2D eigenvalue weighted by Gasteiger charge is 2.22. The number of pyridine rings is 1. The number of rotatable bonds is 6. The van der Waals surface area contributed by atoms with Crippen molar-refractivity contribution in [1.29, 1.82) is 5.41 Å². The molecule has 1 aliphatic rings. The van der Waals surface area contributed by atoms with Gasteiger partial charge in [0.1, 0.15) is 11.6 Å². The van der Waals surface area contributed by atoms with E-state index in [0.717, 1.165) is 18.8 Å². The third-order valence-electron chi connectivity index (χ3n) is 4.80. The van der Waals surface area contributed by atoms with Crippen molar-refractivity contribution in [1.82, 2.24) is 9.88 Å². The third kappa shape index (κ3) is 5.10. The summed E-state index contributed by atoms with van der Waals surface area (Å²) in [5, 5.41) is 11.9. The van der Waals surface area contributed by atoms with E-state index in [2.05, 4.69) is 15.2 Å². The molecule has 0 atom stereocenters. The summed E-state index contributed by atoms with van der Waals surface area (Å²) in [6.45, 7) is 4.46. The molecule has 1 aromatic carbocycles. The monoisotopic (exact) mass is 435 g/mol. The Labute approximate surface area is 180 Å². The molecule has 1 fully saturated rings. The molecule has 154 valence electrons. The number of piperazine rings is 1. The number of amides is 1. The Hall–Kier alpha value is -2.51. The number of methoxy groups -OCH3 is 1.